The van der Waals surface area contributed by atoms with E-state index in [1.807, 2.05) is 12.1 Å². The summed E-state index contributed by atoms with van der Waals surface area (Å²) in [5.74, 6) is 0.879. The van der Waals surface area contributed by atoms with Crippen LogP contribution in [0, 0.1) is 0 Å². The maximum absolute atomic E-state index is 11.2. The lowest BCUT2D eigenvalue weighted by molar-refractivity contribution is 0.147. The van der Waals surface area contributed by atoms with Crippen molar-refractivity contribution in [3.8, 4) is 5.75 Å². The maximum Gasteiger partial charge on any atom is 0.407 e. The van der Waals surface area contributed by atoms with Gasteiger partial charge in [0.15, 0.2) is 0 Å². The van der Waals surface area contributed by atoms with E-state index >= 15 is 0 Å². The van der Waals surface area contributed by atoms with Crippen LogP contribution in [0.4, 0.5) is 4.79 Å². The zero-order valence-electron chi connectivity index (χ0n) is 11.4. The smallest absolute Gasteiger partial charge is 0.407 e. The Morgan fingerprint density at radius 1 is 1.24 bits per heavy atom. The highest BCUT2D eigenvalue weighted by molar-refractivity contribution is 6.36. The van der Waals surface area contributed by atoms with Crippen molar-refractivity contribution < 1.29 is 14.6 Å². The summed E-state index contributed by atoms with van der Waals surface area (Å²) in [6, 6.07) is 3.79. The van der Waals surface area contributed by atoms with Gasteiger partial charge in [-0.05, 0) is 24.1 Å². The number of carbonyl (C=O) groups is 1. The third kappa shape index (κ3) is 1.80. The number of fused-ring (bicyclic) bond motifs is 3. The first kappa shape index (κ1) is 12.8. The summed E-state index contributed by atoms with van der Waals surface area (Å²) in [6.45, 7) is 2.50. The van der Waals surface area contributed by atoms with Crippen molar-refractivity contribution in [2.45, 2.75) is 19.4 Å². The molecule has 0 fully saturated rings. The summed E-state index contributed by atoms with van der Waals surface area (Å²) >= 11 is 6.41. The molecular formula is C15H15ClN2O3. The highest BCUT2D eigenvalue weighted by atomic mass is 35.5. The van der Waals surface area contributed by atoms with Crippen LogP contribution in [0.25, 0.3) is 10.9 Å². The van der Waals surface area contributed by atoms with Gasteiger partial charge in [0.1, 0.15) is 12.4 Å². The van der Waals surface area contributed by atoms with E-state index < -0.39 is 6.09 Å². The minimum absolute atomic E-state index is 0.517. The van der Waals surface area contributed by atoms with Crippen LogP contribution >= 0.6 is 11.6 Å². The van der Waals surface area contributed by atoms with Crippen molar-refractivity contribution in [3.05, 3.63) is 28.4 Å². The third-order valence-electron chi connectivity index (χ3n) is 4.43. The Balaban J connectivity index is 1.93. The van der Waals surface area contributed by atoms with Crippen LogP contribution in [0.5, 0.6) is 5.75 Å². The average Bonchev–Trinajstić information content (AvgIpc) is 2.65. The summed E-state index contributed by atoms with van der Waals surface area (Å²) in [4.78, 5) is 12.7. The predicted octanol–water partition coefficient (Wildman–Crippen LogP) is 2.77. The van der Waals surface area contributed by atoms with Crippen LogP contribution in [-0.2, 0) is 19.4 Å². The molecule has 0 bridgehead atoms. The molecule has 0 saturated carbocycles. The van der Waals surface area contributed by atoms with Crippen LogP contribution in [0.1, 0.15) is 11.3 Å². The molecule has 1 aromatic heterocycles. The van der Waals surface area contributed by atoms with E-state index in [-0.39, 0.29) is 0 Å². The number of halogens is 1. The molecule has 2 aliphatic heterocycles. The van der Waals surface area contributed by atoms with Crippen LogP contribution in [0.3, 0.4) is 0 Å². The lowest BCUT2D eigenvalue weighted by atomic mass is 10.1. The summed E-state index contributed by atoms with van der Waals surface area (Å²) < 4.78 is 8.00. The molecule has 2 aromatic rings. The topological polar surface area (TPSA) is 54.7 Å². The van der Waals surface area contributed by atoms with Gasteiger partial charge in [-0.1, -0.05) is 11.6 Å². The third-order valence-corrected chi connectivity index (χ3v) is 4.74. The fourth-order valence-electron chi connectivity index (χ4n) is 3.50. The van der Waals surface area contributed by atoms with E-state index in [9.17, 15) is 9.90 Å². The van der Waals surface area contributed by atoms with E-state index in [2.05, 4.69) is 4.57 Å². The van der Waals surface area contributed by atoms with Gasteiger partial charge in [-0.15, -0.1) is 0 Å². The van der Waals surface area contributed by atoms with Crippen molar-refractivity contribution in [1.82, 2.24) is 9.47 Å². The molecule has 2 aliphatic rings. The standard InChI is InChI=1S/C15H15ClN2O3/c16-10-1-2-12-14-13(10)9-3-5-17(15(19)20)6-4-11(9)18(14)7-8-21-12/h1-2H,3-8H2,(H,19,20). The predicted molar refractivity (Wildman–Crippen MR) is 79.4 cm³/mol. The largest absolute Gasteiger partial charge is 0.490 e. The Kier molecular flexibility index (Phi) is 2.79. The number of ether oxygens (including phenoxy) is 1. The summed E-state index contributed by atoms with van der Waals surface area (Å²) in [5.41, 5.74) is 3.47. The molecule has 1 N–H and O–H groups in total. The molecule has 6 heteroatoms. The molecule has 0 saturated heterocycles. The number of amides is 1. The summed E-state index contributed by atoms with van der Waals surface area (Å²) in [5, 5.41) is 11.0. The van der Waals surface area contributed by atoms with Gasteiger partial charge in [0, 0.05) is 30.6 Å². The molecule has 5 nitrogen and oxygen atoms in total. The van der Waals surface area contributed by atoms with Crippen LogP contribution in [0.2, 0.25) is 5.02 Å². The van der Waals surface area contributed by atoms with Gasteiger partial charge in [-0.2, -0.15) is 0 Å². The lowest BCUT2D eigenvalue weighted by Crippen LogP contribution is -2.32. The van der Waals surface area contributed by atoms with Gasteiger partial charge in [0.05, 0.1) is 17.1 Å². The Labute approximate surface area is 126 Å². The van der Waals surface area contributed by atoms with Crippen molar-refractivity contribution >= 4 is 28.6 Å². The van der Waals surface area contributed by atoms with Crippen LogP contribution < -0.4 is 4.74 Å². The Bertz CT molecular complexity index is 753. The maximum atomic E-state index is 11.2. The fourth-order valence-corrected chi connectivity index (χ4v) is 3.77. The Hall–Kier alpha value is -1.88. The van der Waals surface area contributed by atoms with E-state index in [0.29, 0.717) is 26.1 Å². The molecule has 4 rings (SSSR count). The molecule has 3 heterocycles. The van der Waals surface area contributed by atoms with Crippen LogP contribution in [-0.4, -0.2) is 40.4 Å². The first-order valence-corrected chi connectivity index (χ1v) is 7.47. The molecule has 1 aromatic carbocycles. The van der Waals surface area contributed by atoms with E-state index in [1.165, 1.54) is 16.2 Å². The first-order chi connectivity index (χ1) is 10.2. The molecule has 0 aliphatic carbocycles. The molecule has 110 valence electrons. The number of aromatic nitrogens is 1. The number of carboxylic acid groups (broad SMARTS) is 1. The van der Waals surface area contributed by atoms with E-state index in [0.717, 1.165) is 34.6 Å². The zero-order chi connectivity index (χ0) is 14.6. The zero-order valence-corrected chi connectivity index (χ0v) is 12.2. The van der Waals surface area contributed by atoms with Crippen molar-refractivity contribution in [2.24, 2.45) is 0 Å². The first-order valence-electron chi connectivity index (χ1n) is 7.10. The molecule has 0 unspecified atom stereocenters. The second kappa shape index (κ2) is 4.56. The molecule has 0 radical (unpaired) electrons. The molecular weight excluding hydrogens is 292 g/mol. The highest BCUT2D eigenvalue weighted by Crippen LogP contribution is 2.40. The average molecular weight is 307 g/mol. The SMILES string of the molecule is O=C(O)N1CCc2c(n3c4c(ccc(Cl)c24)OCC3)CC1. The van der Waals surface area contributed by atoms with Crippen molar-refractivity contribution in [3.63, 3.8) is 0 Å². The van der Waals surface area contributed by atoms with Gasteiger partial charge >= 0.3 is 6.09 Å². The Morgan fingerprint density at radius 2 is 2.05 bits per heavy atom. The highest BCUT2D eigenvalue weighted by Gasteiger charge is 2.28. The molecule has 1 amide bonds. The second-order valence-electron chi connectivity index (χ2n) is 5.46. The van der Waals surface area contributed by atoms with Crippen molar-refractivity contribution in [2.75, 3.05) is 19.7 Å². The monoisotopic (exact) mass is 306 g/mol. The minimum Gasteiger partial charge on any atom is -0.490 e. The molecule has 21 heavy (non-hydrogen) atoms. The van der Waals surface area contributed by atoms with Gasteiger partial charge in [-0.3, -0.25) is 0 Å². The number of rotatable bonds is 0. The number of hydrogen-bond donors (Lipinski definition) is 1. The lowest BCUT2D eigenvalue weighted by Gasteiger charge is -2.20. The van der Waals surface area contributed by atoms with Gasteiger partial charge in [0.25, 0.3) is 0 Å². The Morgan fingerprint density at radius 3 is 2.86 bits per heavy atom. The number of benzene rings is 1. The van der Waals surface area contributed by atoms with Crippen LogP contribution in [0.15, 0.2) is 12.1 Å². The van der Waals surface area contributed by atoms with E-state index in [4.69, 9.17) is 16.3 Å². The van der Waals surface area contributed by atoms with Crippen molar-refractivity contribution in [1.29, 1.82) is 0 Å². The molecule has 0 atom stereocenters. The number of nitrogens with zero attached hydrogens (tertiary/aromatic N) is 2. The summed E-state index contributed by atoms with van der Waals surface area (Å²) in [6.07, 6.45) is 0.582. The van der Waals surface area contributed by atoms with Gasteiger partial charge < -0.3 is 19.3 Å². The van der Waals surface area contributed by atoms with Gasteiger partial charge in [0.2, 0.25) is 0 Å². The number of hydrogen-bond acceptors (Lipinski definition) is 2. The normalized spacial score (nSPS) is 17.3. The summed E-state index contributed by atoms with van der Waals surface area (Å²) in [7, 11) is 0. The van der Waals surface area contributed by atoms with E-state index in [1.54, 1.807) is 0 Å². The molecule has 0 spiro atoms. The minimum atomic E-state index is -0.849. The quantitative estimate of drug-likeness (QED) is 0.814. The van der Waals surface area contributed by atoms with Gasteiger partial charge in [-0.25, -0.2) is 4.79 Å². The second-order valence-corrected chi connectivity index (χ2v) is 5.87. The fraction of sp³-hybridized carbons (Fsp3) is 0.400.